The monoisotopic (exact) mass is 209 g/mol. The van der Waals surface area contributed by atoms with Gasteiger partial charge in [-0.05, 0) is 12.0 Å². The molecule has 1 aromatic carbocycles. The van der Waals surface area contributed by atoms with Gasteiger partial charge < -0.3 is 5.11 Å². The van der Waals surface area contributed by atoms with E-state index in [1.807, 2.05) is 30.3 Å². The second-order valence-electron chi connectivity index (χ2n) is 3.71. The number of carboxylic acid groups (broad SMARTS) is 1. The van der Waals surface area contributed by atoms with Crippen LogP contribution in [0.15, 0.2) is 30.3 Å². The van der Waals surface area contributed by atoms with Crippen molar-refractivity contribution < 1.29 is 14.3 Å². The van der Waals surface area contributed by atoms with Crippen LogP contribution in [0.4, 0.5) is 9.18 Å². The summed E-state index contributed by atoms with van der Waals surface area (Å²) in [4.78, 5) is 11.8. The van der Waals surface area contributed by atoms with Crippen molar-refractivity contribution in [2.45, 2.75) is 18.6 Å². The van der Waals surface area contributed by atoms with Crippen LogP contribution in [0.1, 0.15) is 5.56 Å². The molecule has 3 nitrogen and oxygen atoms in total. The molecule has 80 valence electrons. The Morgan fingerprint density at radius 1 is 1.47 bits per heavy atom. The van der Waals surface area contributed by atoms with Crippen molar-refractivity contribution in [2.24, 2.45) is 0 Å². The Balaban J connectivity index is 2.02. The van der Waals surface area contributed by atoms with E-state index in [4.69, 9.17) is 5.11 Å². The van der Waals surface area contributed by atoms with Crippen LogP contribution < -0.4 is 0 Å². The minimum Gasteiger partial charge on any atom is -0.465 e. The van der Waals surface area contributed by atoms with Gasteiger partial charge in [-0.15, -0.1) is 0 Å². The Labute approximate surface area is 87.1 Å². The Kier molecular flexibility index (Phi) is 2.58. The highest BCUT2D eigenvalue weighted by Crippen LogP contribution is 2.24. The molecule has 1 aliphatic rings. The zero-order valence-corrected chi connectivity index (χ0v) is 8.14. The maximum absolute atomic E-state index is 13.2. The van der Waals surface area contributed by atoms with Crippen molar-refractivity contribution >= 4 is 6.09 Å². The molecule has 1 heterocycles. The van der Waals surface area contributed by atoms with Gasteiger partial charge in [0.2, 0.25) is 0 Å². The molecule has 1 aromatic rings. The largest absolute Gasteiger partial charge is 0.465 e. The van der Waals surface area contributed by atoms with Crippen molar-refractivity contribution in [3.63, 3.8) is 0 Å². The lowest BCUT2D eigenvalue weighted by Crippen LogP contribution is -2.60. The van der Waals surface area contributed by atoms with E-state index in [9.17, 15) is 9.18 Å². The van der Waals surface area contributed by atoms with Crippen LogP contribution in [-0.2, 0) is 6.42 Å². The third kappa shape index (κ3) is 1.93. The number of alkyl halides is 1. The Morgan fingerprint density at radius 2 is 2.13 bits per heavy atom. The zero-order valence-electron chi connectivity index (χ0n) is 8.14. The molecule has 1 N–H and O–H groups in total. The van der Waals surface area contributed by atoms with Crippen molar-refractivity contribution in [1.29, 1.82) is 0 Å². The molecule has 0 radical (unpaired) electrons. The lowest BCUT2D eigenvalue weighted by Gasteiger charge is -2.42. The molecular formula is C11H12FNO2. The summed E-state index contributed by atoms with van der Waals surface area (Å²) >= 11 is 0. The van der Waals surface area contributed by atoms with E-state index in [0.29, 0.717) is 6.42 Å². The average Bonchev–Trinajstić information content (AvgIpc) is 2.23. The van der Waals surface area contributed by atoms with E-state index in [-0.39, 0.29) is 6.54 Å². The van der Waals surface area contributed by atoms with Crippen molar-refractivity contribution in [3.8, 4) is 0 Å². The van der Waals surface area contributed by atoms with Gasteiger partial charge in [0, 0.05) is 0 Å². The van der Waals surface area contributed by atoms with Crippen LogP contribution in [0.5, 0.6) is 0 Å². The molecule has 15 heavy (non-hydrogen) atoms. The number of carbonyl (C=O) groups is 1. The fraction of sp³-hybridized carbons (Fsp3) is 0.364. The predicted molar refractivity (Wildman–Crippen MR) is 53.6 cm³/mol. The maximum atomic E-state index is 13.2. The molecule has 0 aliphatic carbocycles. The van der Waals surface area contributed by atoms with Gasteiger partial charge in [-0.2, -0.15) is 0 Å². The first-order valence-electron chi connectivity index (χ1n) is 4.86. The van der Waals surface area contributed by atoms with Gasteiger partial charge in [0.15, 0.2) is 0 Å². The second kappa shape index (κ2) is 3.88. The normalized spacial score (nSPS) is 24.7. The van der Waals surface area contributed by atoms with Crippen LogP contribution >= 0.6 is 0 Å². The summed E-state index contributed by atoms with van der Waals surface area (Å²) in [7, 11) is 0. The molecule has 1 saturated heterocycles. The summed E-state index contributed by atoms with van der Waals surface area (Å²) in [5.41, 5.74) is 0.969. The SMILES string of the molecule is O=C(O)N1CC(F)C1Cc1ccccc1. The minimum atomic E-state index is -1.04. The number of benzene rings is 1. The van der Waals surface area contributed by atoms with Crippen molar-refractivity contribution in [2.75, 3.05) is 6.54 Å². The molecule has 0 saturated carbocycles. The molecule has 4 heteroatoms. The summed E-state index contributed by atoms with van der Waals surface area (Å²) in [6, 6.07) is 8.87. The molecule has 2 atom stereocenters. The molecule has 0 spiro atoms. The molecule has 0 aromatic heterocycles. The van der Waals surface area contributed by atoms with E-state index in [2.05, 4.69) is 0 Å². The molecule has 0 bridgehead atoms. The van der Waals surface area contributed by atoms with Crippen molar-refractivity contribution in [3.05, 3.63) is 35.9 Å². The Hall–Kier alpha value is -1.58. The van der Waals surface area contributed by atoms with Crippen molar-refractivity contribution in [1.82, 2.24) is 4.90 Å². The zero-order chi connectivity index (χ0) is 10.8. The van der Waals surface area contributed by atoms with Crippen LogP contribution in [0, 0.1) is 0 Å². The first-order valence-corrected chi connectivity index (χ1v) is 4.86. The van der Waals surface area contributed by atoms with Crippen LogP contribution in [0.3, 0.4) is 0 Å². The fourth-order valence-corrected chi connectivity index (χ4v) is 1.82. The summed E-state index contributed by atoms with van der Waals surface area (Å²) in [5, 5.41) is 8.76. The second-order valence-corrected chi connectivity index (χ2v) is 3.71. The molecular weight excluding hydrogens is 197 g/mol. The Bertz CT molecular complexity index is 355. The number of likely N-dealkylation sites (tertiary alicyclic amines) is 1. The summed E-state index contributed by atoms with van der Waals surface area (Å²) in [5.74, 6) is 0. The lowest BCUT2D eigenvalue weighted by molar-refractivity contribution is 0.00242. The summed E-state index contributed by atoms with van der Waals surface area (Å²) in [6.45, 7) is 0.00678. The number of rotatable bonds is 2. The van der Waals surface area contributed by atoms with Crippen LogP contribution in [0.25, 0.3) is 0 Å². The fourth-order valence-electron chi connectivity index (χ4n) is 1.82. The Morgan fingerprint density at radius 3 is 2.67 bits per heavy atom. The lowest BCUT2D eigenvalue weighted by atomic mass is 9.94. The number of halogens is 1. The number of hydrogen-bond donors (Lipinski definition) is 1. The van der Waals surface area contributed by atoms with E-state index in [1.54, 1.807) is 0 Å². The standard InChI is InChI=1S/C11H12FNO2/c12-9-7-13(11(14)15)10(9)6-8-4-2-1-3-5-8/h1-5,9-10H,6-7H2,(H,14,15). The van der Waals surface area contributed by atoms with Gasteiger partial charge >= 0.3 is 6.09 Å². The van der Waals surface area contributed by atoms with Crippen LogP contribution in [-0.4, -0.2) is 34.9 Å². The van der Waals surface area contributed by atoms with Gasteiger partial charge in [0.1, 0.15) is 6.17 Å². The highest BCUT2D eigenvalue weighted by Gasteiger charge is 2.42. The number of amides is 1. The summed E-state index contributed by atoms with van der Waals surface area (Å²) < 4.78 is 13.2. The molecule has 1 fully saturated rings. The third-order valence-electron chi connectivity index (χ3n) is 2.72. The van der Waals surface area contributed by atoms with Gasteiger partial charge in [0.25, 0.3) is 0 Å². The van der Waals surface area contributed by atoms with E-state index < -0.39 is 18.3 Å². The minimum absolute atomic E-state index is 0.00678. The van der Waals surface area contributed by atoms with E-state index in [0.717, 1.165) is 10.5 Å². The molecule has 1 aliphatic heterocycles. The van der Waals surface area contributed by atoms with Crippen LogP contribution in [0.2, 0.25) is 0 Å². The van der Waals surface area contributed by atoms with Gasteiger partial charge in [0.05, 0.1) is 12.6 Å². The molecule has 2 rings (SSSR count). The summed E-state index contributed by atoms with van der Waals surface area (Å²) in [6.07, 6.45) is -1.61. The number of nitrogens with zero attached hydrogens (tertiary/aromatic N) is 1. The molecule has 2 unspecified atom stereocenters. The van der Waals surface area contributed by atoms with Gasteiger partial charge in [-0.1, -0.05) is 30.3 Å². The quantitative estimate of drug-likeness (QED) is 0.808. The maximum Gasteiger partial charge on any atom is 0.407 e. The number of hydrogen-bond acceptors (Lipinski definition) is 1. The van der Waals surface area contributed by atoms with Gasteiger partial charge in [-0.25, -0.2) is 9.18 Å². The molecule has 1 amide bonds. The van der Waals surface area contributed by atoms with Gasteiger partial charge in [-0.3, -0.25) is 4.90 Å². The van der Waals surface area contributed by atoms with E-state index >= 15 is 0 Å². The highest BCUT2D eigenvalue weighted by molar-refractivity contribution is 5.67. The third-order valence-corrected chi connectivity index (χ3v) is 2.72. The predicted octanol–water partition coefficient (Wildman–Crippen LogP) is 1.93. The topological polar surface area (TPSA) is 40.5 Å². The first kappa shape index (κ1) is 9.96. The first-order chi connectivity index (χ1) is 7.18. The average molecular weight is 209 g/mol. The smallest absolute Gasteiger partial charge is 0.407 e. The highest BCUT2D eigenvalue weighted by atomic mass is 19.1. The van der Waals surface area contributed by atoms with E-state index in [1.165, 1.54) is 0 Å².